The van der Waals surface area contributed by atoms with Crippen molar-refractivity contribution in [3.8, 4) is 0 Å². The number of halogens is 1. The maximum absolute atomic E-state index is 13.1. The van der Waals surface area contributed by atoms with E-state index in [2.05, 4.69) is 35.3 Å². The molecule has 0 unspecified atom stereocenters. The molecule has 0 atom stereocenters. The van der Waals surface area contributed by atoms with Crippen molar-refractivity contribution in [3.05, 3.63) is 66.4 Å². The summed E-state index contributed by atoms with van der Waals surface area (Å²) in [5, 5.41) is 11.5. The van der Waals surface area contributed by atoms with Gasteiger partial charge in [0.15, 0.2) is 5.82 Å². The molecular formula is C19H20FN7. The summed E-state index contributed by atoms with van der Waals surface area (Å²) in [6.07, 6.45) is 5.19. The van der Waals surface area contributed by atoms with E-state index in [-0.39, 0.29) is 5.82 Å². The molecule has 1 fully saturated rings. The Morgan fingerprint density at radius 3 is 2.48 bits per heavy atom. The molecule has 1 aliphatic heterocycles. The Morgan fingerprint density at radius 1 is 0.963 bits per heavy atom. The summed E-state index contributed by atoms with van der Waals surface area (Å²) in [6.45, 7) is 3.84. The number of hydrogen-bond acceptors (Lipinski definition) is 7. The Kier molecular flexibility index (Phi) is 5.04. The molecule has 3 aromatic rings. The smallest absolute Gasteiger partial charge is 0.247 e. The highest BCUT2D eigenvalue weighted by atomic mass is 19.1. The van der Waals surface area contributed by atoms with E-state index >= 15 is 0 Å². The van der Waals surface area contributed by atoms with Crippen molar-refractivity contribution in [2.45, 2.75) is 6.54 Å². The molecule has 8 heteroatoms. The third kappa shape index (κ3) is 4.28. The molecule has 1 saturated heterocycles. The minimum absolute atomic E-state index is 0.215. The zero-order valence-electron chi connectivity index (χ0n) is 14.8. The molecule has 0 spiro atoms. The molecule has 0 radical (unpaired) electrons. The predicted molar refractivity (Wildman–Crippen MR) is 102 cm³/mol. The Balaban J connectivity index is 1.36. The first-order valence-corrected chi connectivity index (χ1v) is 8.86. The number of hydrogen-bond donors (Lipinski definition) is 1. The van der Waals surface area contributed by atoms with E-state index < -0.39 is 0 Å². The SMILES string of the molecule is Fc1ccc(N2CCN(c3nncc(NCc4cccnc4)n3)CC2)cc1. The summed E-state index contributed by atoms with van der Waals surface area (Å²) in [4.78, 5) is 13.0. The van der Waals surface area contributed by atoms with E-state index in [1.807, 2.05) is 30.5 Å². The summed E-state index contributed by atoms with van der Waals surface area (Å²) in [5.74, 6) is 1.09. The largest absolute Gasteiger partial charge is 0.368 e. The summed E-state index contributed by atoms with van der Waals surface area (Å²) in [5.41, 5.74) is 2.10. The number of nitrogens with one attached hydrogen (secondary N) is 1. The van der Waals surface area contributed by atoms with Crippen LogP contribution in [0, 0.1) is 5.82 Å². The van der Waals surface area contributed by atoms with E-state index in [4.69, 9.17) is 0 Å². The van der Waals surface area contributed by atoms with Crippen LogP contribution in [0.1, 0.15) is 5.56 Å². The number of aromatic nitrogens is 4. The number of anilines is 3. The summed E-state index contributed by atoms with van der Waals surface area (Å²) >= 11 is 0. The lowest BCUT2D eigenvalue weighted by atomic mass is 10.2. The lowest BCUT2D eigenvalue weighted by Crippen LogP contribution is -2.47. The van der Waals surface area contributed by atoms with Gasteiger partial charge in [0, 0.05) is 50.8 Å². The quantitative estimate of drug-likeness (QED) is 0.744. The molecule has 27 heavy (non-hydrogen) atoms. The normalized spacial score (nSPS) is 14.3. The van der Waals surface area contributed by atoms with E-state index in [1.165, 1.54) is 12.1 Å². The maximum Gasteiger partial charge on any atom is 0.247 e. The van der Waals surface area contributed by atoms with Crippen LogP contribution in [-0.2, 0) is 6.54 Å². The van der Waals surface area contributed by atoms with Crippen molar-refractivity contribution in [2.75, 3.05) is 41.3 Å². The highest BCUT2D eigenvalue weighted by molar-refractivity contribution is 5.49. The molecule has 1 N–H and O–H groups in total. The third-order valence-electron chi connectivity index (χ3n) is 4.50. The average molecular weight is 365 g/mol. The van der Waals surface area contributed by atoms with Gasteiger partial charge in [-0.2, -0.15) is 10.1 Å². The van der Waals surface area contributed by atoms with Crippen LogP contribution in [0.2, 0.25) is 0 Å². The Hall–Kier alpha value is -3.29. The predicted octanol–water partition coefficient (Wildman–Crippen LogP) is 2.34. The lowest BCUT2D eigenvalue weighted by molar-refractivity contribution is 0.622. The molecule has 7 nitrogen and oxygen atoms in total. The average Bonchev–Trinajstić information content (AvgIpc) is 2.74. The van der Waals surface area contributed by atoms with Gasteiger partial charge in [0.1, 0.15) is 5.82 Å². The van der Waals surface area contributed by atoms with Crippen LogP contribution >= 0.6 is 0 Å². The summed E-state index contributed by atoms with van der Waals surface area (Å²) in [6, 6.07) is 10.5. The zero-order chi connectivity index (χ0) is 18.5. The van der Waals surface area contributed by atoms with Crippen molar-refractivity contribution < 1.29 is 4.39 Å². The molecule has 0 saturated carbocycles. The van der Waals surface area contributed by atoms with Gasteiger partial charge in [-0.25, -0.2) is 4.39 Å². The molecular weight excluding hydrogens is 345 g/mol. The molecule has 138 valence electrons. The second kappa shape index (κ2) is 7.94. The van der Waals surface area contributed by atoms with Crippen LogP contribution in [0.25, 0.3) is 0 Å². The fourth-order valence-corrected chi connectivity index (χ4v) is 3.03. The molecule has 0 amide bonds. The third-order valence-corrected chi connectivity index (χ3v) is 4.50. The van der Waals surface area contributed by atoms with Gasteiger partial charge in [-0.15, -0.1) is 5.10 Å². The molecule has 0 bridgehead atoms. The van der Waals surface area contributed by atoms with Crippen molar-refractivity contribution in [3.63, 3.8) is 0 Å². The fourth-order valence-electron chi connectivity index (χ4n) is 3.03. The van der Waals surface area contributed by atoms with E-state index in [1.54, 1.807) is 12.4 Å². The van der Waals surface area contributed by atoms with Crippen LogP contribution < -0.4 is 15.1 Å². The topological polar surface area (TPSA) is 70.1 Å². The fraction of sp³-hybridized carbons (Fsp3) is 0.263. The van der Waals surface area contributed by atoms with Gasteiger partial charge in [0.05, 0.1) is 6.20 Å². The number of benzene rings is 1. The Bertz CT molecular complexity index is 865. The minimum Gasteiger partial charge on any atom is -0.368 e. The van der Waals surface area contributed by atoms with Crippen LogP contribution in [0.4, 0.5) is 21.8 Å². The number of piperazine rings is 1. The van der Waals surface area contributed by atoms with E-state index in [9.17, 15) is 4.39 Å². The highest BCUT2D eigenvalue weighted by Crippen LogP contribution is 2.19. The second-order valence-electron chi connectivity index (χ2n) is 6.31. The van der Waals surface area contributed by atoms with Crippen LogP contribution in [0.15, 0.2) is 55.0 Å². The standard InChI is InChI=1S/C19H20FN7/c20-16-3-5-17(6-4-16)26-8-10-27(11-9-26)19-24-18(14-23-25-19)22-13-15-2-1-7-21-12-15/h1-7,12,14H,8-11,13H2,(H,22,24,25). The Morgan fingerprint density at radius 2 is 1.74 bits per heavy atom. The van der Waals surface area contributed by atoms with Gasteiger partial charge in [-0.1, -0.05) is 6.07 Å². The summed E-state index contributed by atoms with van der Waals surface area (Å²) < 4.78 is 13.1. The molecule has 1 aliphatic rings. The first kappa shape index (κ1) is 17.1. The van der Waals surface area contributed by atoms with Crippen molar-refractivity contribution in [2.24, 2.45) is 0 Å². The van der Waals surface area contributed by atoms with E-state index in [0.29, 0.717) is 18.3 Å². The van der Waals surface area contributed by atoms with Crippen molar-refractivity contribution in [1.29, 1.82) is 0 Å². The molecule has 4 rings (SSSR count). The Labute approximate surface area is 156 Å². The van der Waals surface area contributed by atoms with Gasteiger partial charge in [-0.05, 0) is 35.9 Å². The van der Waals surface area contributed by atoms with Crippen LogP contribution in [0.5, 0.6) is 0 Å². The monoisotopic (exact) mass is 365 g/mol. The maximum atomic E-state index is 13.1. The molecule has 1 aromatic carbocycles. The van der Waals surface area contributed by atoms with Gasteiger partial charge in [-0.3, -0.25) is 4.98 Å². The molecule has 0 aliphatic carbocycles. The molecule has 2 aromatic heterocycles. The van der Waals surface area contributed by atoms with Crippen LogP contribution in [0.3, 0.4) is 0 Å². The highest BCUT2D eigenvalue weighted by Gasteiger charge is 2.20. The number of rotatable bonds is 5. The lowest BCUT2D eigenvalue weighted by Gasteiger charge is -2.35. The number of pyridine rings is 1. The van der Waals surface area contributed by atoms with E-state index in [0.717, 1.165) is 37.4 Å². The second-order valence-corrected chi connectivity index (χ2v) is 6.31. The van der Waals surface area contributed by atoms with Crippen molar-refractivity contribution >= 4 is 17.5 Å². The van der Waals surface area contributed by atoms with Gasteiger partial charge >= 0.3 is 0 Å². The van der Waals surface area contributed by atoms with Gasteiger partial charge in [0.25, 0.3) is 0 Å². The molecule has 3 heterocycles. The number of nitrogens with zero attached hydrogens (tertiary/aromatic N) is 6. The van der Waals surface area contributed by atoms with Crippen LogP contribution in [-0.4, -0.2) is 46.3 Å². The summed E-state index contributed by atoms with van der Waals surface area (Å²) in [7, 11) is 0. The van der Waals surface area contributed by atoms with Crippen molar-refractivity contribution in [1.82, 2.24) is 20.2 Å². The first-order chi connectivity index (χ1) is 13.3. The van der Waals surface area contributed by atoms with Gasteiger partial charge < -0.3 is 15.1 Å². The minimum atomic E-state index is -0.215. The van der Waals surface area contributed by atoms with Gasteiger partial charge in [0.2, 0.25) is 5.95 Å². The zero-order valence-corrected chi connectivity index (χ0v) is 14.8. The first-order valence-electron chi connectivity index (χ1n) is 8.86.